The van der Waals surface area contributed by atoms with E-state index in [0.717, 1.165) is 18.9 Å². The second kappa shape index (κ2) is 6.71. The molecule has 0 radical (unpaired) electrons. The Balaban J connectivity index is 1.65. The molecule has 0 saturated carbocycles. The molecule has 1 aliphatic heterocycles. The summed E-state index contributed by atoms with van der Waals surface area (Å²) in [7, 11) is 0. The van der Waals surface area contributed by atoms with Crippen molar-refractivity contribution in [2.45, 2.75) is 38.6 Å². The Hall–Kier alpha value is -0.940. The number of rotatable bonds is 5. The van der Waals surface area contributed by atoms with E-state index in [9.17, 15) is 0 Å². The van der Waals surface area contributed by atoms with E-state index >= 15 is 0 Å². The molecule has 96 valence electrons. The molecule has 0 aliphatic carbocycles. The zero-order valence-electron chi connectivity index (χ0n) is 10.6. The zero-order chi connectivity index (χ0) is 11.9. The highest BCUT2D eigenvalue weighted by molar-refractivity contribution is 4.79. The van der Waals surface area contributed by atoms with Gasteiger partial charge in [0.2, 0.25) is 5.89 Å². The lowest BCUT2D eigenvalue weighted by molar-refractivity contribution is 0.297. The standard InChI is InChI=1S/C12H22N4O/c1-2-16-8-3-4-11(6-9-16)13-7-5-12-14-10-15-17-12/h10-11,13H,2-9H2,1H3. The van der Waals surface area contributed by atoms with Crippen molar-refractivity contribution >= 4 is 0 Å². The van der Waals surface area contributed by atoms with Gasteiger partial charge in [0.15, 0.2) is 6.33 Å². The number of nitrogens with zero attached hydrogens (tertiary/aromatic N) is 3. The fourth-order valence-electron chi connectivity index (χ4n) is 2.37. The SMILES string of the molecule is CCN1CCCC(NCCc2ncno2)CC1. The Morgan fingerprint density at radius 3 is 3.18 bits per heavy atom. The molecule has 1 aromatic rings. The number of nitrogens with one attached hydrogen (secondary N) is 1. The van der Waals surface area contributed by atoms with E-state index < -0.39 is 0 Å². The van der Waals surface area contributed by atoms with Crippen LogP contribution in [0.5, 0.6) is 0 Å². The molecule has 1 N–H and O–H groups in total. The molecule has 5 heteroatoms. The summed E-state index contributed by atoms with van der Waals surface area (Å²) in [5, 5.41) is 7.19. The van der Waals surface area contributed by atoms with Crippen LogP contribution in [-0.4, -0.2) is 47.3 Å². The fraction of sp³-hybridized carbons (Fsp3) is 0.833. The van der Waals surface area contributed by atoms with E-state index in [2.05, 4.69) is 27.3 Å². The van der Waals surface area contributed by atoms with Gasteiger partial charge >= 0.3 is 0 Å². The van der Waals surface area contributed by atoms with Gasteiger partial charge in [-0.3, -0.25) is 0 Å². The van der Waals surface area contributed by atoms with E-state index in [1.54, 1.807) is 0 Å². The molecule has 2 rings (SSSR count). The molecular formula is C12H22N4O. The van der Waals surface area contributed by atoms with Gasteiger partial charge < -0.3 is 14.7 Å². The van der Waals surface area contributed by atoms with Crippen molar-refractivity contribution in [3.63, 3.8) is 0 Å². The lowest BCUT2D eigenvalue weighted by Gasteiger charge is -2.18. The van der Waals surface area contributed by atoms with Gasteiger partial charge in [-0.15, -0.1) is 0 Å². The van der Waals surface area contributed by atoms with Crippen LogP contribution in [0, 0.1) is 0 Å². The number of aromatic nitrogens is 2. The van der Waals surface area contributed by atoms with Crippen LogP contribution in [0.25, 0.3) is 0 Å². The molecule has 0 aromatic carbocycles. The number of hydrogen-bond donors (Lipinski definition) is 1. The summed E-state index contributed by atoms with van der Waals surface area (Å²) < 4.78 is 4.97. The van der Waals surface area contributed by atoms with Crippen LogP contribution < -0.4 is 5.32 Å². The Morgan fingerprint density at radius 1 is 1.47 bits per heavy atom. The van der Waals surface area contributed by atoms with E-state index in [1.807, 2.05) is 0 Å². The zero-order valence-corrected chi connectivity index (χ0v) is 10.6. The average Bonchev–Trinajstić information content (AvgIpc) is 2.75. The third kappa shape index (κ3) is 4.09. The molecule has 1 unspecified atom stereocenters. The van der Waals surface area contributed by atoms with Gasteiger partial charge in [0, 0.05) is 19.0 Å². The summed E-state index contributed by atoms with van der Waals surface area (Å²) in [6, 6.07) is 0.648. The van der Waals surface area contributed by atoms with Crippen molar-refractivity contribution in [1.29, 1.82) is 0 Å². The predicted octanol–water partition coefficient (Wildman–Crippen LogP) is 1.08. The fourth-order valence-corrected chi connectivity index (χ4v) is 2.37. The second-order valence-electron chi connectivity index (χ2n) is 4.60. The third-order valence-corrected chi connectivity index (χ3v) is 3.45. The summed E-state index contributed by atoms with van der Waals surface area (Å²) in [5.41, 5.74) is 0. The second-order valence-corrected chi connectivity index (χ2v) is 4.60. The molecule has 1 aromatic heterocycles. The van der Waals surface area contributed by atoms with Crippen molar-refractivity contribution < 1.29 is 4.52 Å². The molecular weight excluding hydrogens is 216 g/mol. The third-order valence-electron chi connectivity index (χ3n) is 3.45. The molecule has 0 bridgehead atoms. The normalized spacial score (nSPS) is 22.5. The average molecular weight is 238 g/mol. The molecule has 1 saturated heterocycles. The van der Waals surface area contributed by atoms with Crippen LogP contribution in [0.1, 0.15) is 32.1 Å². The van der Waals surface area contributed by atoms with E-state index in [4.69, 9.17) is 4.52 Å². The van der Waals surface area contributed by atoms with Crippen LogP contribution in [0.4, 0.5) is 0 Å². The van der Waals surface area contributed by atoms with Crippen molar-refractivity contribution in [1.82, 2.24) is 20.4 Å². The molecule has 17 heavy (non-hydrogen) atoms. The first kappa shape index (κ1) is 12.5. The van der Waals surface area contributed by atoms with E-state index in [1.165, 1.54) is 45.2 Å². The maximum Gasteiger partial charge on any atom is 0.227 e. The highest BCUT2D eigenvalue weighted by Gasteiger charge is 2.15. The van der Waals surface area contributed by atoms with E-state index in [-0.39, 0.29) is 0 Å². The minimum atomic E-state index is 0.648. The maximum atomic E-state index is 4.97. The summed E-state index contributed by atoms with van der Waals surface area (Å²) in [5.74, 6) is 0.723. The van der Waals surface area contributed by atoms with Gasteiger partial charge in [-0.25, -0.2) is 0 Å². The van der Waals surface area contributed by atoms with Crippen molar-refractivity contribution in [2.75, 3.05) is 26.2 Å². The van der Waals surface area contributed by atoms with Crippen LogP contribution >= 0.6 is 0 Å². The predicted molar refractivity (Wildman–Crippen MR) is 65.8 cm³/mol. The van der Waals surface area contributed by atoms with Crippen LogP contribution in [0.2, 0.25) is 0 Å². The lowest BCUT2D eigenvalue weighted by atomic mass is 10.1. The first-order chi connectivity index (χ1) is 8.38. The Labute approximate surface area is 103 Å². The molecule has 1 fully saturated rings. The summed E-state index contributed by atoms with van der Waals surface area (Å²) in [6.45, 7) is 6.81. The van der Waals surface area contributed by atoms with Crippen molar-refractivity contribution in [3.8, 4) is 0 Å². The molecule has 1 aliphatic rings. The van der Waals surface area contributed by atoms with Gasteiger partial charge in [0.05, 0.1) is 0 Å². The largest absolute Gasteiger partial charge is 0.340 e. The molecule has 0 amide bonds. The first-order valence-electron chi connectivity index (χ1n) is 6.59. The lowest BCUT2D eigenvalue weighted by Crippen LogP contribution is -2.32. The number of likely N-dealkylation sites (tertiary alicyclic amines) is 1. The van der Waals surface area contributed by atoms with Gasteiger partial charge in [0.25, 0.3) is 0 Å². The van der Waals surface area contributed by atoms with Crippen LogP contribution in [0.3, 0.4) is 0 Å². The minimum absolute atomic E-state index is 0.648. The Morgan fingerprint density at radius 2 is 2.41 bits per heavy atom. The topological polar surface area (TPSA) is 54.2 Å². The first-order valence-corrected chi connectivity index (χ1v) is 6.59. The van der Waals surface area contributed by atoms with Crippen molar-refractivity contribution in [3.05, 3.63) is 12.2 Å². The summed E-state index contributed by atoms with van der Waals surface area (Å²) in [6.07, 6.45) is 6.11. The maximum absolute atomic E-state index is 4.97. The van der Waals surface area contributed by atoms with Crippen molar-refractivity contribution in [2.24, 2.45) is 0 Å². The summed E-state index contributed by atoms with van der Waals surface area (Å²) >= 11 is 0. The smallest absolute Gasteiger partial charge is 0.227 e. The molecule has 5 nitrogen and oxygen atoms in total. The van der Waals surface area contributed by atoms with Gasteiger partial charge in [0.1, 0.15) is 0 Å². The highest BCUT2D eigenvalue weighted by atomic mass is 16.5. The molecule has 2 heterocycles. The quantitative estimate of drug-likeness (QED) is 0.832. The Bertz CT molecular complexity index is 301. The monoisotopic (exact) mass is 238 g/mol. The van der Waals surface area contributed by atoms with E-state index in [0.29, 0.717) is 6.04 Å². The number of hydrogen-bond acceptors (Lipinski definition) is 5. The highest BCUT2D eigenvalue weighted by Crippen LogP contribution is 2.10. The van der Waals surface area contributed by atoms with Gasteiger partial charge in [-0.2, -0.15) is 4.98 Å². The van der Waals surface area contributed by atoms with Gasteiger partial charge in [-0.05, 0) is 38.9 Å². The summed E-state index contributed by atoms with van der Waals surface area (Å²) in [4.78, 5) is 6.54. The Kier molecular flexibility index (Phi) is 4.94. The molecule has 1 atom stereocenters. The van der Waals surface area contributed by atoms with Gasteiger partial charge in [-0.1, -0.05) is 12.1 Å². The van der Waals surface area contributed by atoms with Crippen LogP contribution in [0.15, 0.2) is 10.9 Å². The van der Waals surface area contributed by atoms with Crippen LogP contribution in [-0.2, 0) is 6.42 Å². The molecule has 0 spiro atoms. The minimum Gasteiger partial charge on any atom is -0.340 e.